The number of aromatic nitrogens is 2. The summed E-state index contributed by atoms with van der Waals surface area (Å²) < 4.78 is 10.8. The minimum Gasteiger partial charge on any atom is -0.508 e. The summed E-state index contributed by atoms with van der Waals surface area (Å²) in [7, 11) is 1.54. The highest BCUT2D eigenvalue weighted by molar-refractivity contribution is 5.83. The lowest BCUT2D eigenvalue weighted by Gasteiger charge is -2.36. The van der Waals surface area contributed by atoms with Gasteiger partial charge in [-0.05, 0) is 51.1 Å². The fourth-order valence-electron chi connectivity index (χ4n) is 4.97. The van der Waals surface area contributed by atoms with Crippen LogP contribution < -0.4 is 14.5 Å². The lowest BCUT2D eigenvalue weighted by atomic mass is 10.1. The number of hydrogen-bond acceptors (Lipinski definition) is 9. The standard InChI is InChI=1S/C32H37N5O5/c1-32(2,3)42-31(40)36-13-11-35(12-14-36)23-7-5-22(6-8-23)30-21-33-28-10-9-24(19-29(28)34-30)37(15-16-38)25-17-26(39)20-27(18-25)41-4/h5-10,17-21,38-39H,11-16H2,1-4H3. The number of phenolic OH excluding ortho intramolecular Hbond substituents is 1. The van der Waals surface area contributed by atoms with Crippen LogP contribution in [0.3, 0.4) is 0 Å². The molecule has 1 saturated heterocycles. The molecule has 0 spiro atoms. The first kappa shape index (κ1) is 28.9. The number of carbonyl (C=O) groups excluding carboxylic acids is 1. The van der Waals surface area contributed by atoms with Crippen molar-refractivity contribution in [2.45, 2.75) is 26.4 Å². The van der Waals surface area contributed by atoms with E-state index in [-0.39, 0.29) is 18.4 Å². The third-order valence-corrected chi connectivity index (χ3v) is 7.04. The Labute approximate surface area is 245 Å². The van der Waals surface area contributed by atoms with Crippen molar-refractivity contribution in [1.82, 2.24) is 14.9 Å². The highest BCUT2D eigenvalue weighted by Gasteiger charge is 2.26. The normalized spacial score (nSPS) is 13.7. The molecule has 0 bridgehead atoms. The number of carbonyl (C=O) groups is 1. The summed E-state index contributed by atoms with van der Waals surface area (Å²) >= 11 is 0. The number of fused-ring (bicyclic) bond motifs is 1. The molecule has 4 aromatic rings. The van der Waals surface area contributed by atoms with Gasteiger partial charge in [0, 0.05) is 73.5 Å². The molecule has 3 aromatic carbocycles. The molecule has 42 heavy (non-hydrogen) atoms. The van der Waals surface area contributed by atoms with Gasteiger partial charge in [-0.3, -0.25) is 4.98 Å². The number of hydrogen-bond donors (Lipinski definition) is 2. The number of nitrogens with zero attached hydrogens (tertiary/aromatic N) is 5. The van der Waals surface area contributed by atoms with Crippen LogP contribution in [0.5, 0.6) is 11.5 Å². The average molecular weight is 572 g/mol. The Hall–Kier alpha value is -4.57. The average Bonchev–Trinajstić information content (AvgIpc) is 2.98. The molecule has 10 nitrogen and oxygen atoms in total. The number of rotatable bonds is 7. The maximum absolute atomic E-state index is 12.4. The lowest BCUT2D eigenvalue weighted by molar-refractivity contribution is 0.0240. The summed E-state index contributed by atoms with van der Waals surface area (Å²) in [6.45, 7) is 8.55. The monoisotopic (exact) mass is 571 g/mol. The van der Waals surface area contributed by atoms with Gasteiger partial charge in [-0.15, -0.1) is 0 Å². The van der Waals surface area contributed by atoms with Crippen molar-refractivity contribution in [2.24, 2.45) is 0 Å². The second-order valence-corrected chi connectivity index (χ2v) is 11.2. The number of amides is 1. The van der Waals surface area contributed by atoms with Crippen LogP contribution in [0.15, 0.2) is 66.9 Å². The van der Waals surface area contributed by atoms with Crippen LogP contribution in [0.4, 0.5) is 21.9 Å². The van der Waals surface area contributed by atoms with Crippen molar-refractivity contribution in [1.29, 1.82) is 0 Å². The zero-order valence-corrected chi connectivity index (χ0v) is 24.4. The zero-order chi connectivity index (χ0) is 29.9. The van der Waals surface area contributed by atoms with E-state index in [4.69, 9.17) is 14.5 Å². The Kier molecular flexibility index (Phi) is 8.35. The maximum Gasteiger partial charge on any atom is 0.410 e. The van der Waals surface area contributed by atoms with Crippen molar-refractivity contribution in [2.75, 3.05) is 56.2 Å². The number of piperazine rings is 1. The number of ether oxygens (including phenoxy) is 2. The Morgan fingerprint density at radius 1 is 0.952 bits per heavy atom. The molecule has 0 atom stereocenters. The second-order valence-electron chi connectivity index (χ2n) is 11.2. The summed E-state index contributed by atoms with van der Waals surface area (Å²) in [6.07, 6.45) is 1.50. The van der Waals surface area contributed by atoms with E-state index in [2.05, 4.69) is 22.0 Å². The molecule has 10 heteroatoms. The van der Waals surface area contributed by atoms with Crippen molar-refractivity contribution >= 4 is 34.2 Å². The minimum absolute atomic E-state index is 0.0727. The SMILES string of the molecule is COc1cc(O)cc(N(CCO)c2ccc3ncc(-c4ccc(N5CCN(C(=O)OC(C)(C)C)CC5)cc4)nc3c2)c1. The van der Waals surface area contributed by atoms with E-state index in [1.807, 2.05) is 56.0 Å². The van der Waals surface area contributed by atoms with Crippen molar-refractivity contribution in [3.05, 3.63) is 66.9 Å². The zero-order valence-electron chi connectivity index (χ0n) is 24.4. The van der Waals surface area contributed by atoms with Crippen LogP contribution in [-0.2, 0) is 4.74 Å². The highest BCUT2D eigenvalue weighted by atomic mass is 16.6. The first-order valence-corrected chi connectivity index (χ1v) is 14.0. The van der Waals surface area contributed by atoms with Gasteiger partial charge in [0.15, 0.2) is 0 Å². The number of aliphatic hydroxyl groups is 1. The summed E-state index contributed by atoms with van der Waals surface area (Å²) in [5, 5.41) is 19.9. The van der Waals surface area contributed by atoms with Gasteiger partial charge in [0.1, 0.15) is 17.1 Å². The fourth-order valence-corrected chi connectivity index (χ4v) is 4.97. The Bertz CT molecular complexity index is 1550. The molecule has 1 amide bonds. The molecule has 2 N–H and O–H groups in total. The Morgan fingerprint density at radius 2 is 1.69 bits per heavy atom. The largest absolute Gasteiger partial charge is 0.508 e. The minimum atomic E-state index is -0.504. The lowest BCUT2D eigenvalue weighted by Crippen LogP contribution is -2.50. The molecule has 1 aliphatic rings. The van der Waals surface area contributed by atoms with Crippen LogP contribution in [0.25, 0.3) is 22.3 Å². The van der Waals surface area contributed by atoms with Crippen molar-refractivity contribution in [3.63, 3.8) is 0 Å². The Balaban J connectivity index is 1.33. The third-order valence-electron chi connectivity index (χ3n) is 7.04. The van der Waals surface area contributed by atoms with Gasteiger partial charge < -0.3 is 34.4 Å². The van der Waals surface area contributed by atoms with Gasteiger partial charge >= 0.3 is 6.09 Å². The van der Waals surface area contributed by atoms with E-state index in [9.17, 15) is 15.0 Å². The van der Waals surface area contributed by atoms with Gasteiger partial charge in [-0.25, -0.2) is 9.78 Å². The topological polar surface area (TPSA) is 111 Å². The number of anilines is 3. The quantitative estimate of drug-likeness (QED) is 0.309. The van der Waals surface area contributed by atoms with E-state index in [1.165, 1.54) is 6.07 Å². The molecule has 220 valence electrons. The number of phenols is 1. The predicted octanol–water partition coefficient (Wildman–Crippen LogP) is 5.20. The van der Waals surface area contributed by atoms with Crippen molar-refractivity contribution < 1.29 is 24.5 Å². The molecule has 0 radical (unpaired) electrons. The van der Waals surface area contributed by atoms with E-state index in [0.717, 1.165) is 41.2 Å². The predicted molar refractivity (Wildman–Crippen MR) is 164 cm³/mol. The van der Waals surface area contributed by atoms with Crippen LogP contribution in [0.1, 0.15) is 20.8 Å². The molecule has 2 heterocycles. The van der Waals surface area contributed by atoms with E-state index in [1.54, 1.807) is 30.3 Å². The molecule has 5 rings (SSSR count). The van der Waals surface area contributed by atoms with Crippen LogP contribution in [0, 0.1) is 0 Å². The third kappa shape index (κ3) is 6.66. The Morgan fingerprint density at radius 3 is 2.36 bits per heavy atom. The molecular formula is C32H37N5O5. The summed E-state index contributed by atoms with van der Waals surface area (Å²) in [5.74, 6) is 0.590. The van der Waals surface area contributed by atoms with Crippen molar-refractivity contribution in [3.8, 4) is 22.8 Å². The molecule has 1 fully saturated rings. The molecule has 1 aliphatic heterocycles. The van der Waals surface area contributed by atoms with E-state index < -0.39 is 5.60 Å². The number of aromatic hydroxyl groups is 1. The first-order chi connectivity index (χ1) is 20.1. The summed E-state index contributed by atoms with van der Waals surface area (Å²) in [5.41, 5.74) is 5.21. The van der Waals surface area contributed by atoms with Gasteiger partial charge in [0.2, 0.25) is 0 Å². The maximum atomic E-state index is 12.4. The van der Waals surface area contributed by atoms with E-state index >= 15 is 0 Å². The molecule has 0 saturated carbocycles. The first-order valence-electron chi connectivity index (χ1n) is 14.0. The molecule has 1 aromatic heterocycles. The van der Waals surface area contributed by atoms with Gasteiger partial charge in [-0.1, -0.05) is 12.1 Å². The second kappa shape index (κ2) is 12.1. The fraction of sp³-hybridized carbons (Fsp3) is 0.344. The van der Waals surface area contributed by atoms with Gasteiger partial charge in [-0.2, -0.15) is 0 Å². The summed E-state index contributed by atoms with van der Waals surface area (Å²) in [4.78, 5) is 27.8. The summed E-state index contributed by atoms with van der Waals surface area (Å²) in [6, 6.07) is 18.9. The van der Waals surface area contributed by atoms with E-state index in [0.29, 0.717) is 36.6 Å². The number of aliphatic hydroxyl groups excluding tert-OH is 1. The van der Waals surface area contributed by atoms with Crippen LogP contribution in [0.2, 0.25) is 0 Å². The van der Waals surface area contributed by atoms with Gasteiger partial charge in [0.25, 0.3) is 0 Å². The number of methoxy groups -OCH3 is 1. The molecule has 0 unspecified atom stereocenters. The molecular weight excluding hydrogens is 534 g/mol. The highest BCUT2D eigenvalue weighted by Crippen LogP contribution is 2.33. The van der Waals surface area contributed by atoms with Gasteiger partial charge in [0.05, 0.1) is 36.6 Å². The van der Waals surface area contributed by atoms with Crippen LogP contribution >= 0.6 is 0 Å². The smallest absolute Gasteiger partial charge is 0.410 e. The number of benzene rings is 3. The van der Waals surface area contributed by atoms with Crippen LogP contribution in [-0.4, -0.2) is 83.2 Å². The molecule has 0 aliphatic carbocycles.